The van der Waals surface area contributed by atoms with Gasteiger partial charge < -0.3 is 25.2 Å². The van der Waals surface area contributed by atoms with E-state index in [9.17, 15) is 19.8 Å². The molecule has 0 aromatic carbocycles. The molecule has 0 bridgehead atoms. The van der Waals surface area contributed by atoms with Crippen LogP contribution in [0.5, 0.6) is 0 Å². The number of unbranched alkanes of at least 4 members (excludes halogenated alkanes) is 4. The fourth-order valence-corrected chi connectivity index (χ4v) is 1.71. The van der Waals surface area contributed by atoms with Crippen molar-refractivity contribution in [1.82, 2.24) is 0 Å². The maximum atomic E-state index is 11.4. The molecule has 7 heteroatoms. The van der Waals surface area contributed by atoms with Crippen LogP contribution < -0.4 is 0 Å². The maximum absolute atomic E-state index is 11.4. The predicted octanol–water partition coefficient (Wildman–Crippen LogP) is -0.118. The molecular formula is C14H26O7. The van der Waals surface area contributed by atoms with Gasteiger partial charge in [0.15, 0.2) is 6.10 Å². The van der Waals surface area contributed by atoms with E-state index in [1.165, 1.54) is 0 Å². The highest BCUT2D eigenvalue weighted by molar-refractivity contribution is 5.87. The lowest BCUT2D eigenvalue weighted by Gasteiger charge is -2.17. The van der Waals surface area contributed by atoms with Crippen LogP contribution in [0.25, 0.3) is 0 Å². The third-order valence-corrected chi connectivity index (χ3v) is 3.07. The topological polar surface area (TPSA) is 124 Å². The van der Waals surface area contributed by atoms with E-state index in [4.69, 9.17) is 10.2 Å². The Morgan fingerprint density at radius 2 is 1.62 bits per heavy atom. The standard InChI is InChI=1S/C14H26O7/c1-2-3-4-5-6-7-13(19)21-14(20)11(17)8-10(16)12(18)9-15/h10-12,15-18H,2-9H2,1H3/t10-,11-,12+/m0/s1. The summed E-state index contributed by atoms with van der Waals surface area (Å²) in [4.78, 5) is 22.7. The average Bonchev–Trinajstić information content (AvgIpc) is 2.45. The summed E-state index contributed by atoms with van der Waals surface area (Å²) in [6.45, 7) is 1.39. The van der Waals surface area contributed by atoms with Crippen LogP contribution in [0.2, 0.25) is 0 Å². The molecule has 21 heavy (non-hydrogen) atoms. The number of ether oxygens (including phenoxy) is 1. The van der Waals surface area contributed by atoms with Gasteiger partial charge in [0.2, 0.25) is 0 Å². The van der Waals surface area contributed by atoms with Crippen molar-refractivity contribution >= 4 is 11.9 Å². The van der Waals surface area contributed by atoms with Crippen molar-refractivity contribution in [2.45, 2.75) is 70.2 Å². The van der Waals surface area contributed by atoms with Gasteiger partial charge in [-0.3, -0.25) is 4.79 Å². The Hall–Kier alpha value is -1.02. The highest BCUT2D eigenvalue weighted by Crippen LogP contribution is 2.08. The van der Waals surface area contributed by atoms with E-state index in [0.29, 0.717) is 6.42 Å². The highest BCUT2D eigenvalue weighted by atomic mass is 16.6. The SMILES string of the molecule is CCCCCCCC(=O)OC(=O)[C@@H](O)C[C@H](O)[C@H](O)CO. The lowest BCUT2D eigenvalue weighted by atomic mass is 10.1. The minimum Gasteiger partial charge on any atom is -0.394 e. The molecule has 0 aliphatic carbocycles. The lowest BCUT2D eigenvalue weighted by molar-refractivity contribution is -0.167. The fourth-order valence-electron chi connectivity index (χ4n) is 1.71. The van der Waals surface area contributed by atoms with Crippen LogP contribution in [0.1, 0.15) is 51.9 Å². The first-order valence-corrected chi connectivity index (χ1v) is 7.31. The minimum absolute atomic E-state index is 0.101. The van der Waals surface area contributed by atoms with Gasteiger partial charge in [-0.05, 0) is 6.42 Å². The molecule has 0 spiro atoms. The van der Waals surface area contributed by atoms with Crippen LogP contribution in [0.4, 0.5) is 0 Å². The van der Waals surface area contributed by atoms with Crippen molar-refractivity contribution < 1.29 is 34.8 Å². The number of carbonyl (C=O) groups excluding carboxylic acids is 2. The van der Waals surface area contributed by atoms with Crippen molar-refractivity contribution in [3.8, 4) is 0 Å². The Labute approximate surface area is 124 Å². The molecule has 0 rings (SSSR count). The summed E-state index contributed by atoms with van der Waals surface area (Å²) in [7, 11) is 0. The first-order chi connectivity index (χ1) is 9.92. The fraction of sp³-hybridized carbons (Fsp3) is 0.857. The minimum atomic E-state index is -1.72. The second-order valence-corrected chi connectivity index (χ2v) is 5.03. The smallest absolute Gasteiger partial charge is 0.342 e. The van der Waals surface area contributed by atoms with Crippen molar-refractivity contribution in [3.63, 3.8) is 0 Å². The summed E-state index contributed by atoms with van der Waals surface area (Å²) >= 11 is 0. The Balaban J connectivity index is 3.92. The summed E-state index contributed by atoms with van der Waals surface area (Å²) in [5.41, 5.74) is 0. The summed E-state index contributed by atoms with van der Waals surface area (Å²) in [5, 5.41) is 36.5. The van der Waals surface area contributed by atoms with E-state index < -0.39 is 43.3 Å². The quantitative estimate of drug-likeness (QED) is 0.238. The number of hydrogen-bond acceptors (Lipinski definition) is 7. The number of hydrogen-bond donors (Lipinski definition) is 4. The zero-order valence-electron chi connectivity index (χ0n) is 12.4. The summed E-state index contributed by atoms with van der Waals surface area (Å²) in [6, 6.07) is 0. The lowest BCUT2D eigenvalue weighted by Crippen LogP contribution is -2.36. The number of carbonyl (C=O) groups is 2. The van der Waals surface area contributed by atoms with E-state index in [1.54, 1.807) is 0 Å². The normalized spacial score (nSPS) is 15.3. The molecule has 4 N–H and O–H groups in total. The first kappa shape index (κ1) is 20.0. The van der Waals surface area contributed by atoms with Crippen LogP contribution in [-0.4, -0.2) is 57.3 Å². The van der Waals surface area contributed by atoms with Gasteiger partial charge in [0, 0.05) is 12.8 Å². The Morgan fingerprint density at radius 3 is 2.19 bits per heavy atom. The van der Waals surface area contributed by atoms with Crippen molar-refractivity contribution in [1.29, 1.82) is 0 Å². The molecule has 0 aliphatic rings. The maximum Gasteiger partial charge on any atom is 0.342 e. The number of esters is 2. The predicted molar refractivity (Wildman–Crippen MR) is 74.2 cm³/mol. The monoisotopic (exact) mass is 306 g/mol. The van der Waals surface area contributed by atoms with Crippen LogP contribution in [0.15, 0.2) is 0 Å². The van der Waals surface area contributed by atoms with Crippen LogP contribution in [-0.2, 0) is 14.3 Å². The molecule has 3 atom stereocenters. The van der Waals surface area contributed by atoms with E-state index in [0.717, 1.165) is 25.7 Å². The highest BCUT2D eigenvalue weighted by Gasteiger charge is 2.26. The molecule has 0 fully saturated rings. The molecule has 7 nitrogen and oxygen atoms in total. The van der Waals surface area contributed by atoms with Crippen LogP contribution in [0, 0.1) is 0 Å². The van der Waals surface area contributed by atoms with Gasteiger partial charge in [0.05, 0.1) is 12.7 Å². The average molecular weight is 306 g/mol. The van der Waals surface area contributed by atoms with Crippen LogP contribution in [0.3, 0.4) is 0 Å². The molecule has 0 aromatic heterocycles. The molecule has 0 amide bonds. The molecule has 124 valence electrons. The summed E-state index contributed by atoms with van der Waals surface area (Å²) in [5.74, 6) is -1.87. The van der Waals surface area contributed by atoms with Gasteiger partial charge in [-0.25, -0.2) is 4.79 Å². The van der Waals surface area contributed by atoms with Gasteiger partial charge in [-0.1, -0.05) is 32.6 Å². The third-order valence-electron chi connectivity index (χ3n) is 3.07. The molecule has 0 heterocycles. The summed E-state index contributed by atoms with van der Waals surface area (Å²) < 4.78 is 4.45. The van der Waals surface area contributed by atoms with E-state index >= 15 is 0 Å². The van der Waals surface area contributed by atoms with Crippen molar-refractivity contribution in [2.75, 3.05) is 6.61 Å². The number of aliphatic hydroxyl groups is 4. The van der Waals surface area contributed by atoms with Gasteiger partial charge in [-0.2, -0.15) is 0 Å². The van der Waals surface area contributed by atoms with Crippen molar-refractivity contribution in [3.05, 3.63) is 0 Å². The molecule has 0 radical (unpaired) electrons. The van der Waals surface area contributed by atoms with Gasteiger partial charge >= 0.3 is 11.9 Å². The zero-order valence-corrected chi connectivity index (χ0v) is 12.4. The first-order valence-electron chi connectivity index (χ1n) is 7.31. The molecule has 0 aromatic rings. The zero-order chi connectivity index (χ0) is 16.3. The Bertz CT molecular complexity index is 306. The Morgan fingerprint density at radius 1 is 1.00 bits per heavy atom. The molecule has 0 saturated heterocycles. The second kappa shape index (κ2) is 11.6. The number of aliphatic hydroxyl groups excluding tert-OH is 4. The van der Waals surface area contributed by atoms with E-state index in [1.807, 2.05) is 0 Å². The second-order valence-electron chi connectivity index (χ2n) is 5.03. The van der Waals surface area contributed by atoms with E-state index in [-0.39, 0.29) is 6.42 Å². The number of rotatable bonds is 11. The van der Waals surface area contributed by atoms with Gasteiger partial charge in [-0.15, -0.1) is 0 Å². The molecule has 0 aliphatic heterocycles. The molecule has 0 unspecified atom stereocenters. The van der Waals surface area contributed by atoms with Gasteiger partial charge in [0.25, 0.3) is 0 Å². The Kier molecular flexibility index (Phi) is 11.1. The van der Waals surface area contributed by atoms with Gasteiger partial charge in [0.1, 0.15) is 6.10 Å². The third kappa shape index (κ3) is 9.52. The molecular weight excluding hydrogens is 280 g/mol. The largest absolute Gasteiger partial charge is 0.394 e. The molecule has 0 saturated carbocycles. The van der Waals surface area contributed by atoms with Crippen molar-refractivity contribution in [2.24, 2.45) is 0 Å². The van der Waals surface area contributed by atoms with E-state index in [2.05, 4.69) is 11.7 Å². The summed E-state index contributed by atoms with van der Waals surface area (Å²) in [6.07, 6.45) is -0.349. The van der Waals surface area contributed by atoms with Crippen LogP contribution >= 0.6 is 0 Å².